The number of aromatic nitrogens is 2. The van der Waals surface area contributed by atoms with Crippen LogP contribution in [-0.2, 0) is 13.5 Å². The van der Waals surface area contributed by atoms with Gasteiger partial charge in [0.1, 0.15) is 5.82 Å². The number of piperidine rings is 1. The van der Waals surface area contributed by atoms with E-state index in [0.717, 1.165) is 25.1 Å². The molecule has 1 aromatic rings. The van der Waals surface area contributed by atoms with Crippen LogP contribution in [-0.4, -0.2) is 39.1 Å². The van der Waals surface area contributed by atoms with Crippen LogP contribution < -0.4 is 11.3 Å². The van der Waals surface area contributed by atoms with Gasteiger partial charge in [-0.25, -0.2) is 4.98 Å². The molecule has 0 aromatic carbocycles. The minimum absolute atomic E-state index is 0.125. The maximum atomic E-state index is 5.91. The standard InChI is InChI=1S/C16H31N5/c1-4-16(2,21-11-6-5-7-12-21)14(19-17)8-9-15-18-10-13-20(15)3/h10,13-14,19H,4-9,11-12,17H2,1-3H3. The molecule has 1 saturated heterocycles. The first-order valence-corrected chi connectivity index (χ1v) is 8.29. The number of likely N-dealkylation sites (tertiary alicyclic amines) is 1. The molecular formula is C16H31N5. The zero-order chi connectivity index (χ0) is 15.3. The van der Waals surface area contributed by atoms with E-state index in [9.17, 15) is 0 Å². The summed E-state index contributed by atoms with van der Waals surface area (Å²) < 4.78 is 2.09. The third kappa shape index (κ3) is 3.65. The van der Waals surface area contributed by atoms with Crippen molar-refractivity contribution in [3.05, 3.63) is 18.2 Å². The highest BCUT2D eigenvalue weighted by atomic mass is 15.3. The van der Waals surface area contributed by atoms with Crippen LogP contribution in [0.2, 0.25) is 0 Å². The highest BCUT2D eigenvalue weighted by Gasteiger charge is 2.38. The summed E-state index contributed by atoms with van der Waals surface area (Å²) >= 11 is 0. The van der Waals surface area contributed by atoms with Crippen LogP contribution in [0.1, 0.15) is 51.8 Å². The molecule has 5 nitrogen and oxygen atoms in total. The lowest BCUT2D eigenvalue weighted by molar-refractivity contribution is 0.0401. The van der Waals surface area contributed by atoms with Crippen LogP contribution in [0.25, 0.3) is 0 Å². The Labute approximate surface area is 128 Å². The molecule has 3 N–H and O–H groups in total. The summed E-state index contributed by atoms with van der Waals surface area (Å²) in [5, 5.41) is 0. The number of nitrogens with zero attached hydrogens (tertiary/aromatic N) is 3. The van der Waals surface area contributed by atoms with E-state index in [0.29, 0.717) is 0 Å². The predicted molar refractivity (Wildman–Crippen MR) is 86.8 cm³/mol. The summed E-state index contributed by atoms with van der Waals surface area (Å²) in [5.74, 6) is 7.05. The molecule has 2 rings (SSSR count). The molecule has 0 bridgehead atoms. The smallest absolute Gasteiger partial charge is 0.108 e. The van der Waals surface area contributed by atoms with Crippen molar-refractivity contribution in [2.75, 3.05) is 13.1 Å². The van der Waals surface area contributed by atoms with Crippen molar-refractivity contribution in [3.63, 3.8) is 0 Å². The van der Waals surface area contributed by atoms with Crippen molar-refractivity contribution < 1.29 is 0 Å². The third-order valence-electron chi connectivity index (χ3n) is 5.32. The topological polar surface area (TPSA) is 59.1 Å². The van der Waals surface area contributed by atoms with E-state index >= 15 is 0 Å². The minimum Gasteiger partial charge on any atom is -0.338 e. The molecule has 1 aliphatic heterocycles. The van der Waals surface area contributed by atoms with Gasteiger partial charge in [0.2, 0.25) is 0 Å². The minimum atomic E-state index is 0.125. The molecule has 1 aliphatic rings. The average Bonchev–Trinajstić information content (AvgIpc) is 2.93. The lowest BCUT2D eigenvalue weighted by Crippen LogP contribution is -2.62. The molecule has 0 spiro atoms. The molecule has 21 heavy (non-hydrogen) atoms. The third-order valence-corrected chi connectivity index (χ3v) is 5.32. The summed E-state index contributed by atoms with van der Waals surface area (Å²) in [4.78, 5) is 7.06. The average molecular weight is 293 g/mol. The van der Waals surface area contributed by atoms with E-state index in [1.54, 1.807) is 0 Å². The van der Waals surface area contributed by atoms with Crippen molar-refractivity contribution in [2.24, 2.45) is 12.9 Å². The molecule has 0 aliphatic carbocycles. The maximum absolute atomic E-state index is 5.91. The Morgan fingerprint density at radius 3 is 2.62 bits per heavy atom. The van der Waals surface area contributed by atoms with Gasteiger partial charge in [-0.15, -0.1) is 0 Å². The van der Waals surface area contributed by atoms with Gasteiger partial charge in [-0.1, -0.05) is 13.3 Å². The molecule has 120 valence electrons. The van der Waals surface area contributed by atoms with E-state index in [1.807, 2.05) is 12.4 Å². The molecule has 2 atom stereocenters. The first-order chi connectivity index (χ1) is 10.1. The van der Waals surface area contributed by atoms with Crippen molar-refractivity contribution in [2.45, 2.75) is 64.0 Å². The highest BCUT2D eigenvalue weighted by molar-refractivity contribution is 4.99. The second-order valence-electron chi connectivity index (χ2n) is 6.47. The quantitative estimate of drug-likeness (QED) is 0.595. The Morgan fingerprint density at radius 1 is 1.38 bits per heavy atom. The van der Waals surface area contributed by atoms with Gasteiger partial charge in [0, 0.05) is 37.4 Å². The van der Waals surface area contributed by atoms with Crippen LogP contribution >= 0.6 is 0 Å². The lowest BCUT2D eigenvalue weighted by Gasteiger charge is -2.47. The van der Waals surface area contributed by atoms with E-state index < -0.39 is 0 Å². The SMILES string of the molecule is CCC(C)(C(CCc1nccn1C)NN)N1CCCCC1. The van der Waals surface area contributed by atoms with Crippen LogP contribution in [0.3, 0.4) is 0 Å². The zero-order valence-corrected chi connectivity index (χ0v) is 13.8. The summed E-state index contributed by atoms with van der Waals surface area (Å²) in [5.41, 5.74) is 3.22. The van der Waals surface area contributed by atoms with Crippen LogP contribution in [0.5, 0.6) is 0 Å². The van der Waals surface area contributed by atoms with Crippen molar-refractivity contribution >= 4 is 0 Å². The van der Waals surface area contributed by atoms with Crippen LogP contribution in [0.4, 0.5) is 0 Å². The number of hydrazine groups is 1. The molecular weight excluding hydrogens is 262 g/mol. The largest absolute Gasteiger partial charge is 0.338 e. The Hall–Kier alpha value is -0.910. The van der Waals surface area contributed by atoms with Gasteiger partial charge in [0.15, 0.2) is 0 Å². The number of hydrogen-bond donors (Lipinski definition) is 2. The van der Waals surface area contributed by atoms with Crippen molar-refractivity contribution in [3.8, 4) is 0 Å². The number of imidazole rings is 1. The fourth-order valence-electron chi connectivity index (χ4n) is 3.58. The zero-order valence-electron chi connectivity index (χ0n) is 13.8. The summed E-state index contributed by atoms with van der Waals surface area (Å²) in [6, 6.07) is 0.289. The Kier molecular flexibility index (Phi) is 5.79. The molecule has 0 amide bonds. The Morgan fingerprint density at radius 2 is 2.10 bits per heavy atom. The first kappa shape index (κ1) is 16.5. The molecule has 0 radical (unpaired) electrons. The van der Waals surface area contributed by atoms with E-state index in [4.69, 9.17) is 5.84 Å². The Bertz CT molecular complexity index is 424. The van der Waals surface area contributed by atoms with E-state index in [1.165, 1.54) is 32.4 Å². The van der Waals surface area contributed by atoms with Gasteiger partial charge in [-0.3, -0.25) is 16.2 Å². The molecule has 5 heteroatoms. The van der Waals surface area contributed by atoms with Crippen molar-refractivity contribution in [1.29, 1.82) is 0 Å². The van der Waals surface area contributed by atoms with Gasteiger partial charge in [0.25, 0.3) is 0 Å². The van der Waals surface area contributed by atoms with Gasteiger partial charge in [0.05, 0.1) is 0 Å². The van der Waals surface area contributed by atoms with E-state index in [-0.39, 0.29) is 11.6 Å². The summed E-state index contributed by atoms with van der Waals surface area (Å²) in [6.45, 7) is 7.04. The lowest BCUT2D eigenvalue weighted by atomic mass is 9.83. The van der Waals surface area contributed by atoms with Gasteiger partial charge >= 0.3 is 0 Å². The van der Waals surface area contributed by atoms with E-state index in [2.05, 4.69) is 40.8 Å². The summed E-state index contributed by atoms with van der Waals surface area (Å²) in [6.07, 6.45) is 10.9. The van der Waals surface area contributed by atoms with Crippen molar-refractivity contribution in [1.82, 2.24) is 19.9 Å². The highest BCUT2D eigenvalue weighted by Crippen LogP contribution is 2.29. The number of hydrogen-bond acceptors (Lipinski definition) is 4. The molecule has 0 saturated carbocycles. The molecule has 2 heterocycles. The van der Waals surface area contributed by atoms with Gasteiger partial charge < -0.3 is 4.57 Å². The predicted octanol–water partition coefficient (Wildman–Crippen LogP) is 1.84. The number of aryl methyl sites for hydroxylation is 2. The fraction of sp³-hybridized carbons (Fsp3) is 0.812. The fourth-order valence-corrected chi connectivity index (χ4v) is 3.58. The number of rotatable bonds is 7. The van der Waals surface area contributed by atoms with Crippen LogP contribution in [0, 0.1) is 0 Å². The number of nitrogens with two attached hydrogens (primary N) is 1. The Balaban J connectivity index is 2.03. The monoisotopic (exact) mass is 293 g/mol. The molecule has 1 fully saturated rings. The molecule has 2 unspecified atom stereocenters. The van der Waals surface area contributed by atoms with Gasteiger partial charge in [-0.2, -0.15) is 0 Å². The first-order valence-electron chi connectivity index (χ1n) is 8.29. The summed E-state index contributed by atoms with van der Waals surface area (Å²) in [7, 11) is 2.05. The maximum Gasteiger partial charge on any atom is 0.108 e. The molecule has 1 aromatic heterocycles. The second kappa shape index (κ2) is 7.38. The second-order valence-corrected chi connectivity index (χ2v) is 6.47. The van der Waals surface area contributed by atoms with Gasteiger partial charge in [-0.05, 0) is 45.7 Å². The normalized spacial score (nSPS) is 21.1. The number of nitrogens with one attached hydrogen (secondary N) is 1. The van der Waals surface area contributed by atoms with Crippen LogP contribution in [0.15, 0.2) is 12.4 Å².